The van der Waals surface area contributed by atoms with E-state index in [1.165, 1.54) is 11.3 Å². The Balaban J connectivity index is 0.00000576. The van der Waals surface area contributed by atoms with Crippen LogP contribution >= 0.6 is 24.0 Å². The SMILES string of the molecule is CCCCOCCN=C(NCC)NC(C)Cc1c(C)nn(C)c1C.I. The summed E-state index contributed by atoms with van der Waals surface area (Å²) in [5, 5.41) is 11.3. The van der Waals surface area contributed by atoms with E-state index in [9.17, 15) is 0 Å². The van der Waals surface area contributed by atoms with Crippen LogP contribution in [0, 0.1) is 13.8 Å². The Hall–Kier alpha value is -0.830. The number of halogens is 1. The second kappa shape index (κ2) is 13.4. The minimum atomic E-state index is 0. The van der Waals surface area contributed by atoms with E-state index in [2.05, 4.69) is 55.3 Å². The van der Waals surface area contributed by atoms with E-state index < -0.39 is 0 Å². The first-order valence-corrected chi connectivity index (χ1v) is 9.11. The van der Waals surface area contributed by atoms with Gasteiger partial charge in [-0.15, -0.1) is 24.0 Å². The molecule has 25 heavy (non-hydrogen) atoms. The number of aryl methyl sites for hydroxylation is 2. The number of ether oxygens (including phenoxy) is 1. The Morgan fingerprint density at radius 3 is 2.56 bits per heavy atom. The lowest BCUT2D eigenvalue weighted by atomic mass is 10.1. The lowest BCUT2D eigenvalue weighted by molar-refractivity contribution is 0.139. The second-order valence-electron chi connectivity index (χ2n) is 6.25. The van der Waals surface area contributed by atoms with E-state index in [4.69, 9.17) is 4.74 Å². The van der Waals surface area contributed by atoms with Gasteiger partial charge in [0.05, 0.1) is 18.8 Å². The quantitative estimate of drug-likeness (QED) is 0.242. The van der Waals surface area contributed by atoms with Gasteiger partial charge in [0.15, 0.2) is 5.96 Å². The van der Waals surface area contributed by atoms with Crippen molar-refractivity contribution in [2.45, 2.75) is 59.9 Å². The largest absolute Gasteiger partial charge is 0.380 e. The van der Waals surface area contributed by atoms with Crippen molar-refractivity contribution < 1.29 is 4.74 Å². The van der Waals surface area contributed by atoms with Gasteiger partial charge in [-0.1, -0.05) is 13.3 Å². The van der Waals surface area contributed by atoms with Gasteiger partial charge in [-0.3, -0.25) is 9.67 Å². The molecule has 1 aromatic heterocycles. The highest BCUT2D eigenvalue weighted by Gasteiger charge is 2.13. The third-order valence-corrected chi connectivity index (χ3v) is 4.04. The topological polar surface area (TPSA) is 63.5 Å². The van der Waals surface area contributed by atoms with Crippen molar-refractivity contribution in [3.63, 3.8) is 0 Å². The summed E-state index contributed by atoms with van der Waals surface area (Å²) in [5.41, 5.74) is 3.65. The van der Waals surface area contributed by atoms with Gasteiger partial charge in [0, 0.05) is 31.9 Å². The van der Waals surface area contributed by atoms with Crippen LogP contribution in [-0.4, -0.2) is 48.1 Å². The Morgan fingerprint density at radius 2 is 2.00 bits per heavy atom. The molecule has 1 unspecified atom stereocenters. The van der Waals surface area contributed by atoms with Crippen molar-refractivity contribution in [2.24, 2.45) is 12.0 Å². The van der Waals surface area contributed by atoms with Crippen molar-refractivity contribution in [3.05, 3.63) is 17.0 Å². The number of nitrogens with one attached hydrogen (secondary N) is 2. The molecule has 1 rings (SSSR count). The standard InChI is InChI=1S/C18H35N5O.HI/c1-7-9-11-24-12-10-20-18(19-8-2)21-14(3)13-17-15(4)22-23(6)16(17)5;/h14H,7-13H2,1-6H3,(H2,19,20,21);1H. The van der Waals surface area contributed by atoms with E-state index in [0.717, 1.165) is 44.1 Å². The first kappa shape index (κ1) is 24.2. The smallest absolute Gasteiger partial charge is 0.191 e. The van der Waals surface area contributed by atoms with Crippen molar-refractivity contribution >= 4 is 29.9 Å². The number of aromatic nitrogens is 2. The Morgan fingerprint density at radius 1 is 1.28 bits per heavy atom. The van der Waals surface area contributed by atoms with Crippen molar-refractivity contribution in [1.82, 2.24) is 20.4 Å². The molecule has 0 bridgehead atoms. The van der Waals surface area contributed by atoms with Crippen molar-refractivity contribution in [1.29, 1.82) is 0 Å². The molecule has 0 saturated heterocycles. The predicted molar refractivity (Wildman–Crippen MR) is 116 cm³/mol. The highest BCUT2D eigenvalue weighted by Crippen LogP contribution is 2.14. The average Bonchev–Trinajstić information content (AvgIpc) is 2.77. The molecular weight excluding hydrogens is 429 g/mol. The van der Waals surface area contributed by atoms with E-state index in [1.54, 1.807) is 0 Å². The van der Waals surface area contributed by atoms with E-state index in [0.29, 0.717) is 13.2 Å². The van der Waals surface area contributed by atoms with Gasteiger partial charge in [0.1, 0.15) is 0 Å². The number of aliphatic imine (C=N–C) groups is 1. The molecular formula is C18H36IN5O. The zero-order valence-electron chi connectivity index (χ0n) is 16.7. The summed E-state index contributed by atoms with van der Waals surface area (Å²) in [6.45, 7) is 13.6. The Bertz CT molecular complexity index is 516. The summed E-state index contributed by atoms with van der Waals surface area (Å²) < 4.78 is 7.51. The summed E-state index contributed by atoms with van der Waals surface area (Å²) >= 11 is 0. The van der Waals surface area contributed by atoms with Crippen LogP contribution in [0.2, 0.25) is 0 Å². The van der Waals surface area contributed by atoms with Crippen LogP contribution in [0.15, 0.2) is 4.99 Å². The normalized spacial score (nSPS) is 12.6. The zero-order chi connectivity index (χ0) is 17.9. The fourth-order valence-electron chi connectivity index (χ4n) is 2.59. The predicted octanol–water partition coefficient (Wildman–Crippen LogP) is 2.96. The molecule has 1 atom stereocenters. The highest BCUT2D eigenvalue weighted by molar-refractivity contribution is 14.0. The van der Waals surface area contributed by atoms with Crippen LogP contribution in [-0.2, 0) is 18.2 Å². The molecule has 1 aromatic rings. The first-order valence-electron chi connectivity index (χ1n) is 9.11. The maximum atomic E-state index is 5.56. The summed E-state index contributed by atoms with van der Waals surface area (Å²) in [6.07, 6.45) is 3.21. The van der Waals surface area contributed by atoms with E-state index in [-0.39, 0.29) is 30.0 Å². The van der Waals surface area contributed by atoms with Crippen LogP contribution in [0.3, 0.4) is 0 Å². The maximum Gasteiger partial charge on any atom is 0.191 e. The van der Waals surface area contributed by atoms with Gasteiger partial charge in [0.25, 0.3) is 0 Å². The molecule has 146 valence electrons. The molecule has 0 amide bonds. The summed E-state index contributed by atoms with van der Waals surface area (Å²) in [7, 11) is 1.99. The molecule has 0 spiro atoms. The van der Waals surface area contributed by atoms with Gasteiger partial charge in [0.2, 0.25) is 0 Å². The monoisotopic (exact) mass is 465 g/mol. The van der Waals surface area contributed by atoms with Crippen molar-refractivity contribution in [3.8, 4) is 0 Å². The van der Waals surface area contributed by atoms with Gasteiger partial charge >= 0.3 is 0 Å². The summed E-state index contributed by atoms with van der Waals surface area (Å²) in [6, 6.07) is 0.283. The Kier molecular flexibility index (Phi) is 12.9. The van der Waals surface area contributed by atoms with E-state index in [1.807, 2.05) is 11.7 Å². The number of hydrogen-bond acceptors (Lipinski definition) is 3. The van der Waals surface area contributed by atoms with Crippen LogP contribution in [0.25, 0.3) is 0 Å². The lowest BCUT2D eigenvalue weighted by Gasteiger charge is -2.18. The molecule has 6 nitrogen and oxygen atoms in total. The molecule has 0 aliphatic rings. The van der Waals surface area contributed by atoms with Gasteiger partial charge in [-0.05, 0) is 46.1 Å². The van der Waals surface area contributed by atoms with Crippen LogP contribution in [0.1, 0.15) is 50.6 Å². The molecule has 1 heterocycles. The fraction of sp³-hybridized carbons (Fsp3) is 0.778. The number of unbranched alkanes of at least 4 members (excludes halogenated alkanes) is 1. The summed E-state index contributed by atoms with van der Waals surface area (Å²) in [5.74, 6) is 0.850. The molecule has 0 aromatic carbocycles. The lowest BCUT2D eigenvalue weighted by Crippen LogP contribution is -2.43. The van der Waals surface area contributed by atoms with E-state index >= 15 is 0 Å². The number of rotatable bonds is 10. The molecule has 0 saturated carbocycles. The molecule has 0 aliphatic carbocycles. The third-order valence-electron chi connectivity index (χ3n) is 4.04. The molecule has 2 N–H and O–H groups in total. The van der Waals surface area contributed by atoms with Crippen LogP contribution in [0.5, 0.6) is 0 Å². The first-order chi connectivity index (χ1) is 11.5. The minimum Gasteiger partial charge on any atom is -0.380 e. The number of nitrogens with zero attached hydrogens (tertiary/aromatic N) is 3. The average molecular weight is 465 g/mol. The molecule has 0 radical (unpaired) electrons. The molecule has 0 fully saturated rings. The van der Waals surface area contributed by atoms with Crippen LogP contribution in [0.4, 0.5) is 0 Å². The molecule has 7 heteroatoms. The third kappa shape index (κ3) is 8.89. The second-order valence-corrected chi connectivity index (χ2v) is 6.25. The number of hydrogen-bond donors (Lipinski definition) is 2. The zero-order valence-corrected chi connectivity index (χ0v) is 19.0. The summed E-state index contributed by atoms with van der Waals surface area (Å²) in [4.78, 5) is 4.59. The fourth-order valence-corrected chi connectivity index (χ4v) is 2.59. The maximum absolute atomic E-state index is 5.56. The van der Waals surface area contributed by atoms with Gasteiger partial charge in [-0.2, -0.15) is 5.10 Å². The number of guanidine groups is 1. The Labute approximate surface area is 170 Å². The van der Waals surface area contributed by atoms with Gasteiger partial charge in [-0.25, -0.2) is 0 Å². The molecule has 0 aliphatic heterocycles. The van der Waals surface area contributed by atoms with Gasteiger partial charge < -0.3 is 15.4 Å². The minimum absolute atomic E-state index is 0. The van der Waals surface area contributed by atoms with Crippen molar-refractivity contribution in [2.75, 3.05) is 26.3 Å². The highest BCUT2D eigenvalue weighted by atomic mass is 127. The van der Waals surface area contributed by atoms with Crippen LogP contribution < -0.4 is 10.6 Å².